The Labute approximate surface area is 125 Å². The van der Waals surface area contributed by atoms with Crippen LogP contribution in [0.15, 0.2) is 10.5 Å². The van der Waals surface area contributed by atoms with Crippen LogP contribution in [-0.2, 0) is 24.3 Å². The van der Waals surface area contributed by atoms with Crippen LogP contribution in [0.3, 0.4) is 0 Å². The van der Waals surface area contributed by atoms with Crippen molar-refractivity contribution in [2.75, 3.05) is 6.73 Å². The van der Waals surface area contributed by atoms with Crippen molar-refractivity contribution in [3.63, 3.8) is 0 Å². The summed E-state index contributed by atoms with van der Waals surface area (Å²) in [4.78, 5) is 23.9. The quantitative estimate of drug-likeness (QED) is 0.553. The number of allylic oxidation sites excluding steroid dienone is 1. The molecule has 0 aromatic heterocycles. The van der Waals surface area contributed by atoms with Crippen LogP contribution in [0.25, 0.3) is 0 Å². The van der Waals surface area contributed by atoms with Gasteiger partial charge in [0.2, 0.25) is 0 Å². The third-order valence-electron chi connectivity index (χ3n) is 3.83. The van der Waals surface area contributed by atoms with Crippen molar-refractivity contribution in [2.45, 2.75) is 58.3 Å². The molecule has 0 atom stereocenters. The molecular weight excluding hydrogens is 294 g/mol. The Morgan fingerprint density at radius 3 is 2.62 bits per heavy atom. The Morgan fingerprint density at radius 2 is 1.95 bits per heavy atom. The number of ether oxygens (including phenoxy) is 1. The molecule has 2 rings (SSSR count). The van der Waals surface area contributed by atoms with Crippen LogP contribution in [0.2, 0.25) is 0 Å². The smallest absolute Gasteiger partial charge is 0.307 e. The lowest BCUT2D eigenvalue weighted by molar-refractivity contribution is -0.148. The molecule has 0 saturated carbocycles. The zero-order valence-electron chi connectivity index (χ0n) is 12.3. The topological polar surface area (TPSA) is 80.8 Å². The van der Waals surface area contributed by atoms with Gasteiger partial charge in [0.1, 0.15) is 0 Å². The van der Waals surface area contributed by atoms with Crippen molar-refractivity contribution in [2.24, 2.45) is 0 Å². The molecule has 0 spiro atoms. The fraction of sp³-hybridized carbons (Fsp3) is 0.714. The van der Waals surface area contributed by atoms with Gasteiger partial charge in [-0.2, -0.15) is 4.31 Å². The van der Waals surface area contributed by atoms with Gasteiger partial charge in [-0.15, -0.1) is 0 Å². The van der Waals surface area contributed by atoms with Gasteiger partial charge in [0.25, 0.3) is 15.9 Å². The number of hydrogen-bond acceptors (Lipinski definition) is 5. The maximum Gasteiger partial charge on any atom is 0.307 e. The van der Waals surface area contributed by atoms with Crippen LogP contribution in [0.4, 0.5) is 0 Å². The van der Waals surface area contributed by atoms with Crippen molar-refractivity contribution in [1.82, 2.24) is 4.31 Å². The van der Waals surface area contributed by atoms with Gasteiger partial charge in [-0.1, -0.05) is 19.8 Å². The Bertz CT molecular complexity index is 564. The minimum Gasteiger partial charge on any atom is -0.443 e. The maximum absolute atomic E-state index is 12.3. The predicted molar refractivity (Wildman–Crippen MR) is 76.4 cm³/mol. The number of sulfonamides is 1. The van der Waals surface area contributed by atoms with Gasteiger partial charge in [0.05, 0.1) is 4.91 Å². The molecule has 0 aromatic carbocycles. The van der Waals surface area contributed by atoms with Crippen LogP contribution in [0, 0.1) is 0 Å². The molecule has 6 nitrogen and oxygen atoms in total. The highest BCUT2D eigenvalue weighted by Gasteiger charge is 2.44. The van der Waals surface area contributed by atoms with Crippen molar-refractivity contribution < 1.29 is 22.7 Å². The number of carbonyl (C=O) groups is 2. The number of amides is 1. The third kappa shape index (κ3) is 3.28. The maximum atomic E-state index is 12.3. The van der Waals surface area contributed by atoms with Gasteiger partial charge >= 0.3 is 5.97 Å². The molecule has 118 valence electrons. The molecule has 1 aliphatic heterocycles. The summed E-state index contributed by atoms with van der Waals surface area (Å²) in [5.41, 5.74) is 0.378. The van der Waals surface area contributed by atoms with E-state index in [1.165, 1.54) is 0 Å². The summed E-state index contributed by atoms with van der Waals surface area (Å²) in [6, 6.07) is 0. The lowest BCUT2D eigenvalue weighted by Gasteiger charge is -2.16. The van der Waals surface area contributed by atoms with Crippen LogP contribution in [0.1, 0.15) is 58.3 Å². The minimum absolute atomic E-state index is 0.223. The van der Waals surface area contributed by atoms with Gasteiger partial charge in [0, 0.05) is 12.0 Å². The molecule has 1 heterocycles. The second-order valence-corrected chi connectivity index (χ2v) is 7.25. The van der Waals surface area contributed by atoms with Crippen molar-refractivity contribution in [3.05, 3.63) is 10.5 Å². The lowest BCUT2D eigenvalue weighted by Crippen LogP contribution is -2.34. The first kappa shape index (κ1) is 16.0. The molecule has 0 aromatic rings. The molecule has 1 aliphatic carbocycles. The first-order valence-electron chi connectivity index (χ1n) is 7.43. The summed E-state index contributed by atoms with van der Waals surface area (Å²) in [7, 11) is -3.77. The standard InChI is InChI=1S/C14H21NO5S/c1-2-3-4-9-13(16)20-10-15-14(17)11-7-5-6-8-12(11)21(15,18)19/h2-10H2,1H3. The Morgan fingerprint density at radius 1 is 1.24 bits per heavy atom. The van der Waals surface area contributed by atoms with Crippen LogP contribution in [0.5, 0.6) is 0 Å². The highest BCUT2D eigenvalue weighted by atomic mass is 32.2. The van der Waals surface area contributed by atoms with Crippen molar-refractivity contribution in [1.29, 1.82) is 0 Å². The Kier molecular flexibility index (Phi) is 5.03. The fourth-order valence-electron chi connectivity index (χ4n) is 2.63. The van der Waals surface area contributed by atoms with Crippen LogP contribution < -0.4 is 0 Å². The van der Waals surface area contributed by atoms with E-state index in [0.29, 0.717) is 29.1 Å². The second kappa shape index (κ2) is 6.60. The number of nitrogens with zero attached hydrogens (tertiary/aromatic N) is 1. The molecule has 0 bridgehead atoms. The molecule has 1 amide bonds. The average Bonchev–Trinajstić information content (AvgIpc) is 2.65. The Balaban J connectivity index is 1.96. The Hall–Kier alpha value is -1.37. The molecule has 0 unspecified atom stereocenters. The van der Waals surface area contributed by atoms with Gasteiger partial charge in [-0.25, -0.2) is 8.42 Å². The van der Waals surface area contributed by atoms with Crippen LogP contribution in [-0.4, -0.2) is 31.3 Å². The molecule has 0 radical (unpaired) electrons. The third-order valence-corrected chi connectivity index (χ3v) is 5.76. The predicted octanol–water partition coefficient (Wildman–Crippen LogP) is 2.07. The number of carbonyl (C=O) groups excluding carboxylic acids is 2. The van der Waals surface area contributed by atoms with E-state index in [4.69, 9.17) is 4.74 Å². The van der Waals surface area contributed by atoms with E-state index in [0.717, 1.165) is 25.7 Å². The normalized spacial score (nSPS) is 20.6. The van der Waals surface area contributed by atoms with Gasteiger partial charge in [0.15, 0.2) is 6.73 Å². The highest BCUT2D eigenvalue weighted by Crippen LogP contribution is 2.37. The van der Waals surface area contributed by atoms with E-state index in [1.54, 1.807) is 0 Å². The van der Waals surface area contributed by atoms with Gasteiger partial charge in [-0.3, -0.25) is 9.59 Å². The minimum atomic E-state index is -3.77. The molecule has 2 aliphatic rings. The summed E-state index contributed by atoms with van der Waals surface area (Å²) in [6.07, 6.45) is 5.38. The summed E-state index contributed by atoms with van der Waals surface area (Å²) < 4.78 is 30.2. The van der Waals surface area contributed by atoms with E-state index in [9.17, 15) is 18.0 Å². The van der Waals surface area contributed by atoms with Crippen molar-refractivity contribution >= 4 is 21.9 Å². The van der Waals surface area contributed by atoms with Crippen LogP contribution >= 0.6 is 0 Å². The summed E-state index contributed by atoms with van der Waals surface area (Å²) in [6.45, 7) is 1.52. The molecule has 21 heavy (non-hydrogen) atoms. The largest absolute Gasteiger partial charge is 0.443 e. The molecule has 0 fully saturated rings. The summed E-state index contributed by atoms with van der Waals surface area (Å²) in [5.74, 6) is -0.984. The van der Waals surface area contributed by atoms with Crippen molar-refractivity contribution in [3.8, 4) is 0 Å². The highest BCUT2D eigenvalue weighted by molar-refractivity contribution is 7.94. The SMILES string of the molecule is CCCCCC(=O)OCN1C(=O)C2=C(CCCC2)S1(=O)=O. The van der Waals surface area contributed by atoms with E-state index in [-0.39, 0.29) is 11.3 Å². The summed E-state index contributed by atoms with van der Waals surface area (Å²) in [5, 5.41) is 0. The van der Waals surface area contributed by atoms with E-state index in [1.807, 2.05) is 6.92 Å². The zero-order valence-corrected chi connectivity index (χ0v) is 13.1. The van der Waals surface area contributed by atoms with E-state index < -0.39 is 28.6 Å². The average molecular weight is 315 g/mol. The van der Waals surface area contributed by atoms with Gasteiger partial charge < -0.3 is 4.74 Å². The first-order valence-corrected chi connectivity index (χ1v) is 8.87. The number of esters is 1. The number of hydrogen-bond donors (Lipinski definition) is 0. The number of rotatable bonds is 6. The molecular formula is C14H21NO5S. The first-order chi connectivity index (χ1) is 9.98. The fourth-order valence-corrected chi connectivity index (χ4v) is 4.32. The zero-order chi connectivity index (χ0) is 15.5. The van der Waals surface area contributed by atoms with E-state index in [2.05, 4.69) is 0 Å². The van der Waals surface area contributed by atoms with E-state index >= 15 is 0 Å². The number of unbranched alkanes of at least 4 members (excludes halogenated alkanes) is 2. The molecule has 0 saturated heterocycles. The summed E-state index contributed by atoms with van der Waals surface area (Å²) >= 11 is 0. The molecule has 7 heteroatoms. The molecule has 0 N–H and O–H groups in total. The lowest BCUT2D eigenvalue weighted by atomic mass is 9.99. The monoisotopic (exact) mass is 315 g/mol. The second-order valence-electron chi connectivity index (χ2n) is 5.37. The van der Waals surface area contributed by atoms with Gasteiger partial charge in [-0.05, 0) is 32.1 Å².